The molecule has 1 aromatic carbocycles. The van der Waals surface area contributed by atoms with Gasteiger partial charge in [0, 0.05) is 51.7 Å². The Hall–Kier alpha value is -2.77. The van der Waals surface area contributed by atoms with Crippen molar-refractivity contribution >= 4 is 11.6 Å². The number of imidazole rings is 1. The van der Waals surface area contributed by atoms with Crippen LogP contribution in [0.4, 0.5) is 4.39 Å². The number of piperazine rings is 1. The van der Waals surface area contributed by atoms with Crippen molar-refractivity contribution in [3.05, 3.63) is 60.3 Å². The lowest BCUT2D eigenvalue weighted by Gasteiger charge is -2.36. The number of likely N-dealkylation sites (tertiary alicyclic amines) is 1. The van der Waals surface area contributed by atoms with Crippen molar-refractivity contribution < 1.29 is 9.18 Å². The summed E-state index contributed by atoms with van der Waals surface area (Å²) in [5.41, 5.74) is 3.09. The maximum Gasteiger partial charge on any atom is 0.274 e. The molecule has 5 rings (SSSR count). The number of benzene rings is 1. The van der Waals surface area contributed by atoms with Gasteiger partial charge in [-0.25, -0.2) is 9.37 Å². The van der Waals surface area contributed by atoms with Gasteiger partial charge in [0.25, 0.3) is 5.91 Å². The van der Waals surface area contributed by atoms with Crippen molar-refractivity contribution in [3.8, 4) is 11.1 Å². The van der Waals surface area contributed by atoms with Crippen molar-refractivity contribution in [2.75, 3.05) is 52.4 Å². The van der Waals surface area contributed by atoms with Gasteiger partial charge in [-0.3, -0.25) is 9.69 Å². The normalized spacial score (nSPS) is 18.3. The summed E-state index contributed by atoms with van der Waals surface area (Å²) in [5.74, 6) is -0.260. The van der Waals surface area contributed by atoms with Crippen LogP contribution in [0.3, 0.4) is 0 Å². The molecule has 2 saturated heterocycles. The molecule has 3 aromatic rings. The Morgan fingerprint density at radius 1 is 0.781 bits per heavy atom. The van der Waals surface area contributed by atoms with Crippen molar-refractivity contribution in [2.24, 2.45) is 0 Å². The van der Waals surface area contributed by atoms with E-state index in [4.69, 9.17) is 0 Å². The van der Waals surface area contributed by atoms with Crippen LogP contribution in [0.15, 0.2) is 48.8 Å². The molecule has 0 aliphatic carbocycles. The molecule has 0 N–H and O–H groups in total. The van der Waals surface area contributed by atoms with Gasteiger partial charge in [-0.05, 0) is 61.3 Å². The minimum atomic E-state index is -0.253. The molecule has 2 aliphatic rings. The Morgan fingerprint density at radius 2 is 1.44 bits per heavy atom. The zero-order valence-corrected chi connectivity index (χ0v) is 18.4. The third-order valence-electron chi connectivity index (χ3n) is 6.69. The SMILES string of the molecule is O=C(c1cn2cc(-c3ccc(F)cc3)ccc2n1)N1CCN(CCN2CCCCC2)CC1. The van der Waals surface area contributed by atoms with E-state index in [2.05, 4.69) is 14.8 Å². The lowest BCUT2D eigenvalue weighted by Crippen LogP contribution is -2.50. The molecule has 0 radical (unpaired) electrons. The van der Waals surface area contributed by atoms with Crippen LogP contribution < -0.4 is 0 Å². The number of amides is 1. The average molecular weight is 436 g/mol. The Morgan fingerprint density at radius 3 is 2.16 bits per heavy atom. The van der Waals surface area contributed by atoms with Gasteiger partial charge in [0.15, 0.2) is 0 Å². The van der Waals surface area contributed by atoms with E-state index in [0.717, 1.165) is 56.0 Å². The molecule has 168 valence electrons. The molecule has 0 spiro atoms. The van der Waals surface area contributed by atoms with E-state index >= 15 is 0 Å². The van der Waals surface area contributed by atoms with E-state index < -0.39 is 0 Å². The Labute approximate surface area is 188 Å². The number of pyridine rings is 1. The van der Waals surface area contributed by atoms with Gasteiger partial charge in [0.05, 0.1) is 0 Å². The predicted molar refractivity (Wildman–Crippen MR) is 123 cm³/mol. The van der Waals surface area contributed by atoms with E-state index in [1.165, 1.54) is 44.5 Å². The summed E-state index contributed by atoms with van der Waals surface area (Å²) in [4.78, 5) is 24.6. The van der Waals surface area contributed by atoms with Crippen molar-refractivity contribution in [2.45, 2.75) is 19.3 Å². The van der Waals surface area contributed by atoms with Gasteiger partial charge in [0.2, 0.25) is 0 Å². The monoisotopic (exact) mass is 435 g/mol. The molecular weight excluding hydrogens is 405 g/mol. The van der Waals surface area contributed by atoms with E-state index in [9.17, 15) is 9.18 Å². The highest BCUT2D eigenvalue weighted by Crippen LogP contribution is 2.21. The fourth-order valence-corrected chi connectivity index (χ4v) is 4.71. The van der Waals surface area contributed by atoms with Gasteiger partial charge in [-0.1, -0.05) is 18.6 Å². The first-order valence-electron chi connectivity index (χ1n) is 11.6. The second-order valence-electron chi connectivity index (χ2n) is 8.85. The van der Waals surface area contributed by atoms with Gasteiger partial charge >= 0.3 is 0 Å². The Bertz CT molecular complexity index is 1070. The molecule has 2 aliphatic heterocycles. The zero-order chi connectivity index (χ0) is 21.9. The van der Waals surface area contributed by atoms with Gasteiger partial charge in [-0.2, -0.15) is 0 Å². The first kappa shape index (κ1) is 21.1. The minimum absolute atomic E-state index is 0.00675. The fourth-order valence-electron chi connectivity index (χ4n) is 4.71. The summed E-state index contributed by atoms with van der Waals surface area (Å²) in [6.07, 6.45) is 7.76. The number of rotatable bonds is 5. The summed E-state index contributed by atoms with van der Waals surface area (Å²) in [7, 11) is 0. The number of nitrogens with zero attached hydrogens (tertiary/aromatic N) is 5. The van der Waals surface area contributed by atoms with E-state index in [-0.39, 0.29) is 11.7 Å². The average Bonchev–Trinajstić information content (AvgIpc) is 3.27. The number of hydrogen-bond acceptors (Lipinski definition) is 4. The molecule has 6 nitrogen and oxygen atoms in total. The second-order valence-corrected chi connectivity index (χ2v) is 8.85. The van der Waals surface area contributed by atoms with E-state index in [0.29, 0.717) is 5.69 Å². The second kappa shape index (κ2) is 9.38. The number of hydrogen-bond donors (Lipinski definition) is 0. The highest BCUT2D eigenvalue weighted by atomic mass is 19.1. The minimum Gasteiger partial charge on any atom is -0.335 e. The topological polar surface area (TPSA) is 44.1 Å². The lowest BCUT2D eigenvalue weighted by molar-refractivity contribution is 0.0614. The van der Waals surface area contributed by atoms with E-state index in [1.807, 2.05) is 27.6 Å². The number of aromatic nitrogens is 2. The maximum absolute atomic E-state index is 13.2. The predicted octanol–water partition coefficient (Wildman–Crippen LogP) is 3.38. The molecule has 0 bridgehead atoms. The molecule has 32 heavy (non-hydrogen) atoms. The fraction of sp³-hybridized carbons (Fsp3) is 0.440. The van der Waals surface area contributed by atoms with Crippen molar-refractivity contribution in [1.29, 1.82) is 0 Å². The molecular formula is C25H30FN5O. The summed E-state index contributed by atoms with van der Waals surface area (Å²) in [6.45, 7) is 8.01. The summed E-state index contributed by atoms with van der Waals surface area (Å²) >= 11 is 0. The number of carbonyl (C=O) groups excluding carboxylic acids is 1. The largest absolute Gasteiger partial charge is 0.335 e. The van der Waals surface area contributed by atoms with Crippen LogP contribution in [0.1, 0.15) is 29.8 Å². The lowest BCUT2D eigenvalue weighted by atomic mass is 10.1. The molecule has 7 heteroatoms. The first-order valence-corrected chi connectivity index (χ1v) is 11.6. The zero-order valence-electron chi connectivity index (χ0n) is 18.4. The molecule has 2 aromatic heterocycles. The standard InChI is InChI=1S/C25H30FN5O/c26-22-7-4-20(5-8-22)21-6-9-24-27-23(19-31(24)18-21)25(32)30-16-14-29(15-17-30)13-12-28-10-2-1-3-11-28/h4-9,18-19H,1-3,10-17H2. The van der Waals surface area contributed by atoms with Crippen LogP contribution in [-0.2, 0) is 0 Å². The van der Waals surface area contributed by atoms with Crippen LogP contribution >= 0.6 is 0 Å². The number of fused-ring (bicyclic) bond motifs is 1. The molecule has 0 unspecified atom stereocenters. The molecule has 0 atom stereocenters. The van der Waals surface area contributed by atoms with Crippen molar-refractivity contribution in [1.82, 2.24) is 24.1 Å². The summed E-state index contributed by atoms with van der Waals surface area (Å²) in [5, 5.41) is 0. The number of carbonyl (C=O) groups is 1. The summed E-state index contributed by atoms with van der Waals surface area (Å²) < 4.78 is 15.1. The third-order valence-corrected chi connectivity index (χ3v) is 6.69. The van der Waals surface area contributed by atoms with Crippen LogP contribution in [0, 0.1) is 5.82 Å². The van der Waals surface area contributed by atoms with Crippen LogP contribution in [0.5, 0.6) is 0 Å². The Balaban J connectivity index is 1.20. The van der Waals surface area contributed by atoms with Crippen LogP contribution in [0.25, 0.3) is 16.8 Å². The van der Waals surface area contributed by atoms with Crippen molar-refractivity contribution in [3.63, 3.8) is 0 Å². The Kier molecular flexibility index (Phi) is 6.19. The molecule has 4 heterocycles. The van der Waals surface area contributed by atoms with Gasteiger partial charge < -0.3 is 14.2 Å². The quantitative estimate of drug-likeness (QED) is 0.616. The van der Waals surface area contributed by atoms with E-state index in [1.54, 1.807) is 18.3 Å². The molecule has 2 fully saturated rings. The molecule has 1 amide bonds. The number of piperidine rings is 1. The highest BCUT2D eigenvalue weighted by Gasteiger charge is 2.24. The van der Waals surface area contributed by atoms with Gasteiger partial charge in [-0.15, -0.1) is 0 Å². The highest BCUT2D eigenvalue weighted by molar-refractivity contribution is 5.93. The summed E-state index contributed by atoms with van der Waals surface area (Å²) in [6, 6.07) is 10.3. The smallest absolute Gasteiger partial charge is 0.274 e. The molecule has 0 saturated carbocycles. The third kappa shape index (κ3) is 4.69. The van der Waals surface area contributed by atoms with Crippen LogP contribution in [0.2, 0.25) is 0 Å². The van der Waals surface area contributed by atoms with Gasteiger partial charge in [0.1, 0.15) is 17.2 Å². The number of halogens is 1. The first-order chi connectivity index (χ1) is 15.7. The van der Waals surface area contributed by atoms with Crippen LogP contribution in [-0.4, -0.2) is 82.3 Å². The maximum atomic E-state index is 13.2.